The minimum atomic E-state index is -1.11. The van der Waals surface area contributed by atoms with E-state index >= 15 is 0 Å². The molecule has 0 fully saturated rings. The van der Waals surface area contributed by atoms with E-state index in [0.29, 0.717) is 22.0 Å². The SMILES string of the molecule is O=C(/C=C/c1cc(Cl)ccc1-n1cnnn1)N[C@@H](Cc1ccccc1)C(=O)Nc1cccc(C(=O)O)c1. The lowest BCUT2D eigenvalue weighted by atomic mass is 10.0. The average molecular weight is 517 g/mol. The van der Waals surface area contributed by atoms with E-state index < -0.39 is 23.8 Å². The number of aromatic nitrogens is 4. The zero-order valence-electron chi connectivity index (χ0n) is 19.3. The number of carboxylic acid groups (broad SMARTS) is 1. The van der Waals surface area contributed by atoms with Gasteiger partial charge in [0.05, 0.1) is 11.3 Å². The van der Waals surface area contributed by atoms with Crippen LogP contribution in [0.1, 0.15) is 21.5 Å². The van der Waals surface area contributed by atoms with E-state index in [0.717, 1.165) is 5.56 Å². The van der Waals surface area contributed by atoms with E-state index in [2.05, 4.69) is 26.2 Å². The summed E-state index contributed by atoms with van der Waals surface area (Å²) in [6, 6.07) is 19.2. The van der Waals surface area contributed by atoms with E-state index in [1.807, 2.05) is 30.3 Å². The third kappa shape index (κ3) is 6.86. The van der Waals surface area contributed by atoms with E-state index in [-0.39, 0.29) is 12.0 Å². The average Bonchev–Trinajstić information content (AvgIpc) is 3.43. The van der Waals surface area contributed by atoms with Crippen LogP contribution in [0, 0.1) is 0 Å². The van der Waals surface area contributed by atoms with Gasteiger partial charge in [-0.1, -0.05) is 48.0 Å². The van der Waals surface area contributed by atoms with Crippen LogP contribution >= 0.6 is 11.6 Å². The number of halogens is 1. The Labute approximate surface area is 216 Å². The number of carbonyl (C=O) groups is 3. The molecular weight excluding hydrogens is 496 g/mol. The third-order valence-corrected chi connectivity index (χ3v) is 5.53. The summed E-state index contributed by atoms with van der Waals surface area (Å²) in [5.74, 6) is -2.12. The molecule has 10 nitrogen and oxygen atoms in total. The Morgan fingerprint density at radius 2 is 1.84 bits per heavy atom. The number of amides is 2. The molecule has 0 spiro atoms. The van der Waals surface area contributed by atoms with Crippen LogP contribution in [0.2, 0.25) is 5.02 Å². The number of hydrogen-bond donors (Lipinski definition) is 3. The molecule has 0 unspecified atom stereocenters. The van der Waals surface area contributed by atoms with Crippen molar-refractivity contribution >= 4 is 41.1 Å². The van der Waals surface area contributed by atoms with Gasteiger partial charge in [0.1, 0.15) is 12.4 Å². The van der Waals surface area contributed by atoms with Crippen LogP contribution in [0.15, 0.2) is 85.2 Å². The first-order valence-corrected chi connectivity index (χ1v) is 11.5. The van der Waals surface area contributed by atoms with E-state index in [9.17, 15) is 19.5 Å². The fourth-order valence-corrected chi connectivity index (χ4v) is 3.72. The van der Waals surface area contributed by atoms with Gasteiger partial charge < -0.3 is 15.7 Å². The zero-order chi connectivity index (χ0) is 26.2. The Morgan fingerprint density at radius 1 is 1.03 bits per heavy atom. The van der Waals surface area contributed by atoms with Gasteiger partial charge in [0.15, 0.2) is 0 Å². The lowest BCUT2D eigenvalue weighted by molar-refractivity contribution is -0.123. The predicted octanol–water partition coefficient (Wildman–Crippen LogP) is 3.39. The van der Waals surface area contributed by atoms with Gasteiger partial charge in [0, 0.05) is 28.8 Å². The summed E-state index contributed by atoms with van der Waals surface area (Å²) in [6.45, 7) is 0. The minimum absolute atomic E-state index is 0.0317. The van der Waals surface area contributed by atoms with Gasteiger partial charge in [0.25, 0.3) is 0 Å². The maximum absolute atomic E-state index is 13.1. The Bertz CT molecular complexity index is 1440. The highest BCUT2D eigenvalue weighted by atomic mass is 35.5. The zero-order valence-corrected chi connectivity index (χ0v) is 20.0. The fourth-order valence-electron chi connectivity index (χ4n) is 3.54. The first-order valence-electron chi connectivity index (χ1n) is 11.1. The molecule has 0 aliphatic heterocycles. The van der Waals surface area contributed by atoms with Crippen molar-refractivity contribution in [1.29, 1.82) is 0 Å². The van der Waals surface area contributed by atoms with Crippen molar-refractivity contribution in [2.75, 3.05) is 5.32 Å². The van der Waals surface area contributed by atoms with Crippen LogP contribution in [0.3, 0.4) is 0 Å². The summed E-state index contributed by atoms with van der Waals surface area (Å²) in [7, 11) is 0. The number of benzene rings is 3. The molecule has 3 aromatic carbocycles. The topological polar surface area (TPSA) is 139 Å². The Kier molecular flexibility index (Phi) is 8.01. The molecule has 0 aliphatic rings. The van der Waals surface area contributed by atoms with Crippen LogP contribution < -0.4 is 10.6 Å². The molecule has 37 heavy (non-hydrogen) atoms. The molecule has 186 valence electrons. The number of aromatic carboxylic acids is 1. The summed E-state index contributed by atoms with van der Waals surface area (Å²) in [5, 5.41) is 26.2. The Hall–Kier alpha value is -4.83. The third-order valence-electron chi connectivity index (χ3n) is 5.29. The van der Waals surface area contributed by atoms with E-state index in [1.165, 1.54) is 35.3 Å². The second-order valence-electron chi connectivity index (χ2n) is 7.92. The number of anilines is 1. The van der Waals surface area contributed by atoms with Gasteiger partial charge in [0.2, 0.25) is 11.8 Å². The molecule has 0 aliphatic carbocycles. The highest BCUT2D eigenvalue weighted by Crippen LogP contribution is 2.20. The lowest BCUT2D eigenvalue weighted by Gasteiger charge is -2.18. The second kappa shape index (κ2) is 11.7. The van der Waals surface area contributed by atoms with Crippen LogP contribution in [-0.4, -0.2) is 49.1 Å². The van der Waals surface area contributed by atoms with Crippen molar-refractivity contribution in [2.24, 2.45) is 0 Å². The first kappa shape index (κ1) is 25.3. The van der Waals surface area contributed by atoms with E-state index in [1.54, 1.807) is 30.3 Å². The molecule has 1 atom stereocenters. The Morgan fingerprint density at radius 3 is 2.57 bits per heavy atom. The molecule has 0 saturated heterocycles. The van der Waals surface area contributed by atoms with E-state index in [4.69, 9.17) is 11.6 Å². The largest absolute Gasteiger partial charge is 0.478 e. The van der Waals surface area contributed by atoms with Crippen molar-refractivity contribution in [2.45, 2.75) is 12.5 Å². The molecule has 11 heteroatoms. The molecule has 4 aromatic rings. The Balaban J connectivity index is 1.53. The summed E-state index contributed by atoms with van der Waals surface area (Å²) < 4.78 is 1.44. The predicted molar refractivity (Wildman–Crippen MR) is 137 cm³/mol. The number of rotatable bonds is 9. The minimum Gasteiger partial charge on any atom is -0.478 e. The highest BCUT2D eigenvalue weighted by molar-refractivity contribution is 6.30. The first-order chi connectivity index (χ1) is 17.9. The molecule has 4 rings (SSSR count). The maximum atomic E-state index is 13.1. The number of carboxylic acids is 1. The van der Waals surface area contributed by atoms with Crippen molar-refractivity contribution in [3.8, 4) is 5.69 Å². The number of tetrazole rings is 1. The molecule has 0 bridgehead atoms. The van der Waals surface area contributed by atoms with Crippen LogP contribution in [0.4, 0.5) is 5.69 Å². The van der Waals surface area contributed by atoms with Crippen LogP contribution in [-0.2, 0) is 16.0 Å². The number of carbonyl (C=O) groups excluding carboxylic acids is 2. The van der Waals surface area contributed by atoms with Crippen LogP contribution in [0.25, 0.3) is 11.8 Å². The fraction of sp³-hybridized carbons (Fsp3) is 0.0769. The van der Waals surface area contributed by atoms with Crippen LogP contribution in [0.5, 0.6) is 0 Å². The van der Waals surface area contributed by atoms with Gasteiger partial charge in [-0.15, -0.1) is 5.10 Å². The van der Waals surface area contributed by atoms with Gasteiger partial charge in [-0.05, 0) is 58.5 Å². The smallest absolute Gasteiger partial charge is 0.335 e. The quantitative estimate of drug-likeness (QED) is 0.290. The van der Waals surface area contributed by atoms with Crippen molar-refractivity contribution in [3.05, 3.63) is 107 Å². The molecule has 2 amide bonds. The van der Waals surface area contributed by atoms with Crippen molar-refractivity contribution in [3.63, 3.8) is 0 Å². The van der Waals surface area contributed by atoms with Gasteiger partial charge in [-0.25, -0.2) is 4.79 Å². The maximum Gasteiger partial charge on any atom is 0.335 e. The molecule has 0 radical (unpaired) electrons. The summed E-state index contributed by atoms with van der Waals surface area (Å²) in [6.07, 6.45) is 4.47. The summed E-state index contributed by atoms with van der Waals surface area (Å²) >= 11 is 6.13. The summed E-state index contributed by atoms with van der Waals surface area (Å²) in [5.41, 5.74) is 2.36. The highest BCUT2D eigenvalue weighted by Gasteiger charge is 2.21. The molecular formula is C26H21ClN6O4. The molecule has 3 N–H and O–H groups in total. The molecule has 0 saturated carbocycles. The molecule has 1 aromatic heterocycles. The number of hydrogen-bond acceptors (Lipinski definition) is 6. The standard InChI is InChI=1S/C26H21ClN6O4/c27-20-10-11-23(33-16-28-31-32-33)18(14-20)9-12-24(34)30-22(13-17-5-2-1-3-6-17)25(35)29-21-8-4-7-19(15-21)26(36)37/h1-12,14-16,22H,13H2,(H,29,35)(H,30,34)(H,36,37)/b12-9+/t22-/m0/s1. The lowest BCUT2D eigenvalue weighted by Crippen LogP contribution is -2.44. The van der Waals surface area contributed by atoms with Crippen molar-refractivity contribution < 1.29 is 19.5 Å². The van der Waals surface area contributed by atoms with Gasteiger partial charge >= 0.3 is 5.97 Å². The summed E-state index contributed by atoms with van der Waals surface area (Å²) in [4.78, 5) is 37.3. The molecule has 1 heterocycles. The van der Waals surface area contributed by atoms with Gasteiger partial charge in [-0.3, -0.25) is 9.59 Å². The second-order valence-corrected chi connectivity index (χ2v) is 8.35. The monoisotopic (exact) mass is 516 g/mol. The normalized spacial score (nSPS) is 11.7. The number of nitrogens with one attached hydrogen (secondary N) is 2. The number of nitrogens with zero attached hydrogens (tertiary/aromatic N) is 4. The van der Waals surface area contributed by atoms with Gasteiger partial charge in [-0.2, -0.15) is 4.68 Å². The van der Waals surface area contributed by atoms with Crippen molar-refractivity contribution in [1.82, 2.24) is 25.5 Å².